The van der Waals surface area contributed by atoms with Crippen molar-refractivity contribution in [1.29, 1.82) is 0 Å². The van der Waals surface area contributed by atoms with Crippen LogP contribution in [0.1, 0.15) is 27.6 Å². The minimum Gasteiger partial charge on any atom is -0.0625 e. The molecular weight excluding hydrogens is 60.1 g/mol. The van der Waals surface area contributed by atoms with Crippen molar-refractivity contribution in [1.82, 2.24) is 0 Å². The zero-order valence-electron chi connectivity index (χ0n) is 4.62. The predicted molar refractivity (Wildman–Crippen MR) is 23.0 cm³/mol. The topological polar surface area (TPSA) is 0 Å². The average Bonchev–Trinajstić information content (AvgIpc) is 1.32. The van der Waals surface area contributed by atoms with E-state index in [9.17, 15) is 0 Å². The second kappa shape index (κ2) is 1.00. The van der Waals surface area contributed by atoms with Crippen molar-refractivity contribution < 1.29 is 1.37 Å². The molecule has 0 N–H and O–H groups in total. The summed E-state index contributed by atoms with van der Waals surface area (Å²) in [6, 6.07) is 0. The molecule has 1 rings (SSSR count). The van der Waals surface area contributed by atoms with Crippen LogP contribution in [-0.2, 0) is 0 Å². The molecule has 1 aliphatic carbocycles. The molecular formula is C5H10. The second-order valence-corrected chi connectivity index (χ2v) is 1.81. The van der Waals surface area contributed by atoms with Crippen molar-refractivity contribution in [3.05, 3.63) is 0 Å². The van der Waals surface area contributed by atoms with Crippen molar-refractivity contribution in [2.45, 2.75) is 26.2 Å². The van der Waals surface area contributed by atoms with Gasteiger partial charge in [0.15, 0.2) is 0 Å². The molecule has 1 saturated carbocycles. The van der Waals surface area contributed by atoms with E-state index in [1.165, 1.54) is 6.42 Å². The van der Waals surface area contributed by atoms with E-state index >= 15 is 0 Å². The first kappa shape index (κ1) is 2.22. The second-order valence-electron chi connectivity index (χ2n) is 1.81. The standard InChI is InChI=1S/C5H10/c1-5-3-2-4-5/h5H,2-4H2,1H3/i5T. The third-order valence-corrected chi connectivity index (χ3v) is 1.21. The summed E-state index contributed by atoms with van der Waals surface area (Å²) in [5, 5.41) is 0. The zero-order valence-corrected chi connectivity index (χ0v) is 3.62. The molecule has 0 atom stereocenters. The first-order chi connectivity index (χ1) is 2.71. The SMILES string of the molecule is [3H]C1(C)CCC1. The van der Waals surface area contributed by atoms with Crippen molar-refractivity contribution >= 4 is 0 Å². The summed E-state index contributed by atoms with van der Waals surface area (Å²) in [6.07, 6.45) is 3.51. The Bertz CT molecular complexity index is 51.0. The first-order valence-electron chi connectivity index (χ1n) is 2.71. The van der Waals surface area contributed by atoms with Gasteiger partial charge in [0.1, 0.15) is 0 Å². The maximum atomic E-state index is 7.27. The van der Waals surface area contributed by atoms with Crippen molar-refractivity contribution in [3.8, 4) is 0 Å². The van der Waals surface area contributed by atoms with Crippen LogP contribution in [0, 0.1) is 5.89 Å². The Hall–Kier alpha value is 0. The summed E-state index contributed by atoms with van der Waals surface area (Å²) in [4.78, 5) is 0. The van der Waals surface area contributed by atoms with Crippen LogP contribution < -0.4 is 0 Å². The van der Waals surface area contributed by atoms with E-state index in [-0.39, 0.29) is 5.89 Å². The third kappa shape index (κ3) is 0.444. The van der Waals surface area contributed by atoms with Crippen molar-refractivity contribution in [3.63, 3.8) is 0 Å². The van der Waals surface area contributed by atoms with Crippen LogP contribution in [0.25, 0.3) is 0 Å². The molecule has 0 saturated heterocycles. The molecule has 0 amide bonds. The van der Waals surface area contributed by atoms with E-state index in [4.69, 9.17) is 1.37 Å². The van der Waals surface area contributed by atoms with Crippen molar-refractivity contribution in [2.24, 2.45) is 5.89 Å². The lowest BCUT2D eigenvalue weighted by Gasteiger charge is -2.18. The monoisotopic (exact) mass is 72.1 g/mol. The largest absolute Gasteiger partial charge is 0.0625 e. The van der Waals surface area contributed by atoms with Gasteiger partial charge in [-0.2, -0.15) is 0 Å². The van der Waals surface area contributed by atoms with Crippen LogP contribution in [-0.4, -0.2) is 0 Å². The van der Waals surface area contributed by atoms with Gasteiger partial charge in [-0.3, -0.25) is 0 Å². The molecule has 0 spiro atoms. The lowest BCUT2D eigenvalue weighted by molar-refractivity contribution is 0.346. The van der Waals surface area contributed by atoms with E-state index in [1.54, 1.807) is 0 Å². The molecule has 0 unspecified atom stereocenters. The fourth-order valence-electron chi connectivity index (χ4n) is 0.530. The molecule has 5 heavy (non-hydrogen) atoms. The zero-order chi connectivity index (χ0) is 4.62. The van der Waals surface area contributed by atoms with Gasteiger partial charge in [0.25, 0.3) is 0 Å². The molecule has 1 aliphatic rings. The van der Waals surface area contributed by atoms with E-state index in [1.807, 2.05) is 6.92 Å². The van der Waals surface area contributed by atoms with Crippen LogP contribution in [0.5, 0.6) is 0 Å². The average molecular weight is 72.1 g/mol. The number of hydrogen-bond acceptors (Lipinski definition) is 0. The Morgan fingerprint density at radius 3 is 2.20 bits per heavy atom. The summed E-state index contributed by atoms with van der Waals surface area (Å²) in [5.74, 6) is -0.0278. The normalized spacial score (nSPS) is 35.0. The maximum absolute atomic E-state index is 7.27. The van der Waals surface area contributed by atoms with Crippen molar-refractivity contribution in [2.75, 3.05) is 0 Å². The van der Waals surface area contributed by atoms with Gasteiger partial charge in [-0.25, -0.2) is 0 Å². The highest BCUT2D eigenvalue weighted by Crippen LogP contribution is 2.24. The Labute approximate surface area is 34.6 Å². The molecule has 0 heterocycles. The molecule has 0 bridgehead atoms. The van der Waals surface area contributed by atoms with Crippen LogP contribution in [0.15, 0.2) is 0 Å². The van der Waals surface area contributed by atoms with E-state index in [0.29, 0.717) is 0 Å². The van der Waals surface area contributed by atoms with Gasteiger partial charge in [0, 0.05) is 1.37 Å². The molecule has 0 heteroatoms. The molecule has 1 fully saturated rings. The summed E-state index contributed by atoms with van der Waals surface area (Å²) in [7, 11) is 0. The molecule has 0 aromatic heterocycles. The fourth-order valence-corrected chi connectivity index (χ4v) is 0.530. The van der Waals surface area contributed by atoms with E-state index in [2.05, 4.69) is 0 Å². The molecule has 0 aromatic rings. The highest BCUT2D eigenvalue weighted by atomic mass is 14.1. The van der Waals surface area contributed by atoms with E-state index in [0.717, 1.165) is 12.8 Å². The summed E-state index contributed by atoms with van der Waals surface area (Å²) in [5.41, 5.74) is 0. The fraction of sp³-hybridized carbons (Fsp3) is 1.00. The Morgan fingerprint density at radius 2 is 2.20 bits per heavy atom. The highest BCUT2D eigenvalue weighted by molar-refractivity contribution is 4.62. The van der Waals surface area contributed by atoms with Gasteiger partial charge in [-0.1, -0.05) is 26.2 Å². The molecule has 0 aromatic carbocycles. The smallest absolute Gasteiger partial charge is 0.0300 e. The van der Waals surface area contributed by atoms with Gasteiger partial charge >= 0.3 is 0 Å². The molecule has 30 valence electrons. The van der Waals surface area contributed by atoms with Gasteiger partial charge in [-0.15, -0.1) is 0 Å². The minimum atomic E-state index is -0.0278. The van der Waals surface area contributed by atoms with Gasteiger partial charge in [-0.05, 0) is 5.89 Å². The lowest BCUT2D eigenvalue weighted by Crippen LogP contribution is -2.04. The van der Waals surface area contributed by atoms with Crippen LogP contribution in [0.3, 0.4) is 0 Å². The number of hydrogen-bond donors (Lipinski definition) is 0. The minimum absolute atomic E-state index is 0.0278. The van der Waals surface area contributed by atoms with Crippen LogP contribution in [0.2, 0.25) is 0 Å². The Morgan fingerprint density at radius 1 is 1.80 bits per heavy atom. The lowest BCUT2D eigenvalue weighted by atomic mass is 9.88. The van der Waals surface area contributed by atoms with E-state index < -0.39 is 0 Å². The summed E-state index contributed by atoms with van der Waals surface area (Å²) >= 11 is 0. The van der Waals surface area contributed by atoms with Crippen LogP contribution in [0.4, 0.5) is 0 Å². The third-order valence-electron chi connectivity index (χ3n) is 1.21. The van der Waals surface area contributed by atoms with Gasteiger partial charge < -0.3 is 0 Å². The first-order valence-corrected chi connectivity index (χ1v) is 2.21. The molecule has 0 aliphatic heterocycles. The molecule has 0 radical (unpaired) electrons. The Kier molecular flexibility index (Phi) is 0.444. The number of rotatable bonds is 0. The van der Waals surface area contributed by atoms with Crippen LogP contribution >= 0.6 is 0 Å². The van der Waals surface area contributed by atoms with Gasteiger partial charge in [0.05, 0.1) is 0 Å². The maximum Gasteiger partial charge on any atom is 0.0300 e. The Balaban J connectivity index is 2.31. The highest BCUT2D eigenvalue weighted by Gasteiger charge is 2.09. The quantitative estimate of drug-likeness (QED) is 0.409. The van der Waals surface area contributed by atoms with Gasteiger partial charge in [0.2, 0.25) is 0 Å². The summed E-state index contributed by atoms with van der Waals surface area (Å²) in [6.45, 7) is 2.00. The molecule has 0 nitrogen and oxygen atoms in total. The summed E-state index contributed by atoms with van der Waals surface area (Å²) < 4.78 is 7.27. The predicted octanol–water partition coefficient (Wildman–Crippen LogP) is 1.81.